The Labute approximate surface area is 204 Å². The van der Waals surface area contributed by atoms with Crippen LogP contribution in [0.4, 0.5) is 5.69 Å². The Kier molecular flexibility index (Phi) is 7.42. The number of fused-ring (bicyclic) bond motifs is 1. The Hall–Kier alpha value is -4.17. The molecule has 2 aromatic carbocycles. The molecule has 2 heterocycles. The molecule has 0 aliphatic carbocycles. The van der Waals surface area contributed by atoms with Crippen LogP contribution in [0.3, 0.4) is 0 Å². The van der Waals surface area contributed by atoms with Gasteiger partial charge in [-0.25, -0.2) is 4.98 Å². The maximum absolute atomic E-state index is 12.7. The van der Waals surface area contributed by atoms with Gasteiger partial charge in [0, 0.05) is 30.2 Å². The summed E-state index contributed by atoms with van der Waals surface area (Å²) in [7, 11) is 3.68. The van der Waals surface area contributed by atoms with E-state index in [1.807, 2.05) is 80.3 Å². The van der Waals surface area contributed by atoms with Crippen LogP contribution in [0.25, 0.3) is 5.65 Å². The Morgan fingerprint density at radius 1 is 1.03 bits per heavy atom. The molecule has 4 rings (SSSR count). The number of carbonyl (C=O) groups is 2. The second-order valence-electron chi connectivity index (χ2n) is 8.69. The normalized spacial score (nSPS) is 11.0. The monoisotopic (exact) mass is 471 g/mol. The van der Waals surface area contributed by atoms with Crippen LogP contribution >= 0.6 is 0 Å². The number of carbonyl (C=O) groups excluding carboxylic acids is 2. The van der Waals surface area contributed by atoms with Crippen molar-refractivity contribution in [1.82, 2.24) is 19.6 Å². The van der Waals surface area contributed by atoms with Crippen molar-refractivity contribution >= 4 is 23.1 Å². The summed E-state index contributed by atoms with van der Waals surface area (Å²) in [6.45, 7) is 2.98. The summed E-state index contributed by atoms with van der Waals surface area (Å²) in [4.78, 5) is 31.1. The van der Waals surface area contributed by atoms with E-state index in [1.165, 1.54) is 0 Å². The van der Waals surface area contributed by atoms with Crippen molar-refractivity contribution in [3.8, 4) is 5.75 Å². The highest BCUT2D eigenvalue weighted by atomic mass is 16.5. The molecule has 0 saturated heterocycles. The van der Waals surface area contributed by atoms with E-state index in [9.17, 15) is 9.59 Å². The third kappa shape index (κ3) is 6.68. The second-order valence-corrected chi connectivity index (χ2v) is 8.69. The van der Waals surface area contributed by atoms with Crippen molar-refractivity contribution < 1.29 is 14.3 Å². The lowest BCUT2D eigenvalue weighted by atomic mass is 10.1. The van der Waals surface area contributed by atoms with E-state index in [1.54, 1.807) is 23.1 Å². The van der Waals surface area contributed by atoms with Gasteiger partial charge in [0.25, 0.3) is 5.91 Å². The number of aryl methyl sites for hydroxylation is 1. The molecule has 0 saturated carbocycles. The van der Waals surface area contributed by atoms with Gasteiger partial charge in [0.15, 0.2) is 0 Å². The third-order valence-corrected chi connectivity index (χ3v) is 5.26. The molecule has 8 nitrogen and oxygen atoms in total. The number of ether oxygens (including phenoxy) is 1. The molecule has 0 unspecified atom stereocenters. The standard InChI is InChI=1S/C27H29N5O3/c1-19-10-11-25-29-23(16-32(25)15-19)18-35-24-9-5-7-21(13-24)27(34)28-14-20-6-4-8-22(12-20)30-26(33)17-31(2)3/h4-13,15-16H,14,17-18H2,1-3H3,(H,28,34)(H,30,33). The second kappa shape index (κ2) is 10.8. The summed E-state index contributed by atoms with van der Waals surface area (Å²) in [5.41, 5.74) is 4.91. The fraction of sp³-hybridized carbons (Fsp3) is 0.222. The van der Waals surface area contributed by atoms with Gasteiger partial charge in [-0.05, 0) is 68.5 Å². The largest absolute Gasteiger partial charge is 0.487 e. The number of benzene rings is 2. The molecule has 0 fully saturated rings. The number of likely N-dealkylation sites (N-methyl/N-ethyl adjacent to an activating group) is 1. The van der Waals surface area contributed by atoms with E-state index >= 15 is 0 Å². The number of nitrogens with zero attached hydrogens (tertiary/aromatic N) is 3. The highest BCUT2D eigenvalue weighted by Crippen LogP contribution is 2.17. The summed E-state index contributed by atoms with van der Waals surface area (Å²) in [5.74, 6) is 0.295. The molecule has 2 N–H and O–H groups in total. The zero-order valence-corrected chi connectivity index (χ0v) is 20.1. The quantitative estimate of drug-likeness (QED) is 0.389. The minimum absolute atomic E-state index is 0.0910. The lowest BCUT2D eigenvalue weighted by Gasteiger charge is -2.11. The minimum Gasteiger partial charge on any atom is -0.487 e. The van der Waals surface area contributed by atoms with Crippen LogP contribution in [-0.4, -0.2) is 46.7 Å². The molecule has 35 heavy (non-hydrogen) atoms. The fourth-order valence-electron chi connectivity index (χ4n) is 3.64. The van der Waals surface area contributed by atoms with Crippen LogP contribution in [0.2, 0.25) is 0 Å². The summed E-state index contributed by atoms with van der Waals surface area (Å²) < 4.78 is 7.86. The number of amides is 2. The van der Waals surface area contributed by atoms with E-state index in [-0.39, 0.29) is 11.8 Å². The van der Waals surface area contributed by atoms with Crippen LogP contribution in [0, 0.1) is 6.92 Å². The highest BCUT2D eigenvalue weighted by molar-refractivity contribution is 5.94. The van der Waals surface area contributed by atoms with Crippen LogP contribution in [0.1, 0.15) is 27.2 Å². The van der Waals surface area contributed by atoms with Gasteiger partial charge < -0.3 is 24.7 Å². The SMILES string of the molecule is Cc1ccc2nc(COc3cccc(C(=O)NCc4cccc(NC(=O)CN(C)C)c4)c3)cn2c1. The van der Waals surface area contributed by atoms with Crippen molar-refractivity contribution in [2.45, 2.75) is 20.1 Å². The van der Waals surface area contributed by atoms with Gasteiger partial charge >= 0.3 is 0 Å². The summed E-state index contributed by atoms with van der Waals surface area (Å²) in [6.07, 6.45) is 3.96. The number of anilines is 1. The van der Waals surface area contributed by atoms with Crippen LogP contribution < -0.4 is 15.4 Å². The molecule has 0 aliphatic heterocycles. The minimum atomic E-state index is -0.208. The molecule has 180 valence electrons. The number of hydrogen-bond acceptors (Lipinski definition) is 5. The maximum atomic E-state index is 12.7. The topological polar surface area (TPSA) is 88.0 Å². The molecule has 0 radical (unpaired) electrons. The Bertz CT molecular complexity index is 1350. The lowest BCUT2D eigenvalue weighted by Crippen LogP contribution is -2.27. The molecule has 0 bridgehead atoms. The Balaban J connectivity index is 1.33. The van der Waals surface area contributed by atoms with Crippen molar-refractivity contribution in [3.63, 3.8) is 0 Å². The molecular formula is C27H29N5O3. The number of aromatic nitrogens is 2. The first-order valence-electron chi connectivity index (χ1n) is 11.3. The predicted octanol–water partition coefficient (Wildman–Crippen LogP) is 3.65. The van der Waals surface area contributed by atoms with E-state index in [0.717, 1.165) is 22.5 Å². The first kappa shape index (κ1) is 24.0. The average molecular weight is 472 g/mol. The summed E-state index contributed by atoms with van der Waals surface area (Å²) in [5, 5.41) is 5.78. The highest BCUT2D eigenvalue weighted by Gasteiger charge is 2.09. The van der Waals surface area contributed by atoms with Gasteiger partial charge in [-0.1, -0.05) is 24.3 Å². The van der Waals surface area contributed by atoms with Crippen molar-refractivity contribution in [3.05, 3.63) is 95.4 Å². The summed E-state index contributed by atoms with van der Waals surface area (Å²) >= 11 is 0. The fourth-order valence-corrected chi connectivity index (χ4v) is 3.64. The van der Waals surface area contributed by atoms with Crippen LogP contribution in [0.15, 0.2) is 73.1 Å². The average Bonchev–Trinajstić information content (AvgIpc) is 3.23. The van der Waals surface area contributed by atoms with Gasteiger partial charge in [0.2, 0.25) is 5.91 Å². The van der Waals surface area contributed by atoms with Gasteiger partial charge in [0.1, 0.15) is 18.0 Å². The molecule has 4 aromatic rings. The molecular weight excluding hydrogens is 442 g/mol. The van der Waals surface area contributed by atoms with E-state index in [0.29, 0.717) is 36.7 Å². The van der Waals surface area contributed by atoms with E-state index in [4.69, 9.17) is 4.74 Å². The summed E-state index contributed by atoms with van der Waals surface area (Å²) in [6, 6.07) is 18.5. The molecule has 0 atom stereocenters. The zero-order chi connectivity index (χ0) is 24.8. The molecule has 8 heteroatoms. The number of hydrogen-bond donors (Lipinski definition) is 2. The smallest absolute Gasteiger partial charge is 0.251 e. The number of rotatable bonds is 9. The van der Waals surface area contributed by atoms with E-state index in [2.05, 4.69) is 15.6 Å². The number of imidazole rings is 1. The van der Waals surface area contributed by atoms with Crippen molar-refractivity contribution in [1.29, 1.82) is 0 Å². The number of pyridine rings is 1. The maximum Gasteiger partial charge on any atom is 0.251 e. The van der Waals surface area contributed by atoms with E-state index < -0.39 is 0 Å². The molecule has 0 aliphatic rings. The van der Waals surface area contributed by atoms with Crippen LogP contribution in [0.5, 0.6) is 5.75 Å². The number of nitrogens with one attached hydrogen (secondary N) is 2. The first-order chi connectivity index (χ1) is 16.9. The molecule has 2 aromatic heterocycles. The van der Waals surface area contributed by atoms with Gasteiger partial charge in [-0.2, -0.15) is 0 Å². The van der Waals surface area contributed by atoms with Gasteiger partial charge in [0.05, 0.1) is 12.2 Å². The molecule has 2 amide bonds. The Morgan fingerprint density at radius 3 is 2.69 bits per heavy atom. The lowest BCUT2D eigenvalue weighted by molar-refractivity contribution is -0.116. The molecule has 0 spiro atoms. The van der Waals surface area contributed by atoms with Crippen LogP contribution in [-0.2, 0) is 17.9 Å². The first-order valence-corrected chi connectivity index (χ1v) is 11.3. The van der Waals surface area contributed by atoms with Gasteiger partial charge in [-0.15, -0.1) is 0 Å². The zero-order valence-electron chi connectivity index (χ0n) is 20.1. The van der Waals surface area contributed by atoms with Crippen molar-refractivity contribution in [2.75, 3.05) is 26.0 Å². The third-order valence-electron chi connectivity index (χ3n) is 5.26. The van der Waals surface area contributed by atoms with Gasteiger partial charge in [-0.3, -0.25) is 9.59 Å². The Morgan fingerprint density at radius 2 is 1.86 bits per heavy atom. The van der Waals surface area contributed by atoms with Crippen molar-refractivity contribution in [2.24, 2.45) is 0 Å². The predicted molar refractivity (Wildman–Crippen MR) is 135 cm³/mol.